The van der Waals surface area contributed by atoms with Crippen LogP contribution in [0.25, 0.3) is 5.69 Å². The molecule has 0 saturated heterocycles. The molecule has 164 valence electrons. The summed E-state index contributed by atoms with van der Waals surface area (Å²) in [4.78, 5) is 12.5. The molecule has 0 fully saturated rings. The van der Waals surface area contributed by atoms with Gasteiger partial charge in [-0.25, -0.2) is 9.48 Å². The summed E-state index contributed by atoms with van der Waals surface area (Å²) in [6.45, 7) is 6.31. The third-order valence-corrected chi connectivity index (χ3v) is 4.56. The molecule has 31 heavy (non-hydrogen) atoms. The van der Waals surface area contributed by atoms with Gasteiger partial charge in [0.25, 0.3) is 0 Å². The molecule has 1 heterocycles. The number of alkyl halides is 3. The number of carbonyl (C=O) groups is 1. The highest BCUT2D eigenvalue weighted by atomic mass is 19.4. The molecule has 1 aromatic heterocycles. The highest BCUT2D eigenvalue weighted by molar-refractivity contribution is 5.99. The fourth-order valence-corrected chi connectivity index (χ4v) is 2.90. The molecule has 9 heteroatoms. The Balaban J connectivity index is 1.90. The Bertz CT molecular complexity index is 1080. The van der Waals surface area contributed by atoms with Crippen LogP contribution in [0.2, 0.25) is 0 Å². The first-order chi connectivity index (χ1) is 14.5. The zero-order valence-electron chi connectivity index (χ0n) is 17.4. The van der Waals surface area contributed by atoms with Gasteiger partial charge in [0.15, 0.2) is 0 Å². The number of benzene rings is 2. The van der Waals surface area contributed by atoms with Gasteiger partial charge in [-0.05, 0) is 35.9 Å². The SMILES string of the molecule is CC(C)(C)c1cc(NC(=O)Nc2cccc(C(F)(F)F)c2)n(-c2cccc(CN)c2)n1. The van der Waals surface area contributed by atoms with Crippen molar-refractivity contribution in [3.05, 3.63) is 71.4 Å². The van der Waals surface area contributed by atoms with Crippen LogP contribution in [0.4, 0.5) is 29.5 Å². The summed E-state index contributed by atoms with van der Waals surface area (Å²) in [6, 6.07) is 12.9. The maximum Gasteiger partial charge on any atom is 0.416 e. The molecular formula is C22H24F3N5O. The predicted octanol–water partition coefficient (Wildman–Crippen LogP) is 5.29. The third kappa shape index (κ3) is 5.43. The van der Waals surface area contributed by atoms with E-state index in [0.29, 0.717) is 18.1 Å². The van der Waals surface area contributed by atoms with Crippen molar-refractivity contribution < 1.29 is 18.0 Å². The van der Waals surface area contributed by atoms with Crippen molar-refractivity contribution in [2.24, 2.45) is 5.73 Å². The zero-order chi connectivity index (χ0) is 22.8. The van der Waals surface area contributed by atoms with Gasteiger partial charge in [-0.3, -0.25) is 5.32 Å². The highest BCUT2D eigenvalue weighted by Crippen LogP contribution is 2.31. The second-order valence-electron chi connectivity index (χ2n) is 8.11. The Morgan fingerprint density at radius 2 is 1.74 bits per heavy atom. The minimum Gasteiger partial charge on any atom is -0.326 e. The quantitative estimate of drug-likeness (QED) is 0.525. The molecule has 0 radical (unpaired) electrons. The van der Waals surface area contributed by atoms with Gasteiger partial charge in [-0.2, -0.15) is 18.3 Å². The summed E-state index contributed by atoms with van der Waals surface area (Å²) in [7, 11) is 0. The molecule has 0 atom stereocenters. The largest absolute Gasteiger partial charge is 0.416 e. The third-order valence-electron chi connectivity index (χ3n) is 4.56. The summed E-state index contributed by atoms with van der Waals surface area (Å²) in [5.41, 5.74) is 6.96. The lowest BCUT2D eigenvalue weighted by molar-refractivity contribution is -0.137. The summed E-state index contributed by atoms with van der Waals surface area (Å²) in [6.07, 6.45) is -4.50. The van der Waals surface area contributed by atoms with E-state index < -0.39 is 17.8 Å². The Morgan fingerprint density at radius 3 is 2.39 bits per heavy atom. The number of urea groups is 1. The molecular weight excluding hydrogens is 407 g/mol. The van der Waals surface area contributed by atoms with Gasteiger partial charge in [0.05, 0.1) is 16.9 Å². The minimum atomic E-state index is -4.50. The van der Waals surface area contributed by atoms with Crippen molar-refractivity contribution in [2.75, 3.05) is 10.6 Å². The number of aromatic nitrogens is 2. The second kappa shape index (κ2) is 8.43. The van der Waals surface area contributed by atoms with Crippen molar-refractivity contribution in [3.63, 3.8) is 0 Å². The van der Waals surface area contributed by atoms with Crippen LogP contribution in [0.3, 0.4) is 0 Å². The summed E-state index contributed by atoms with van der Waals surface area (Å²) >= 11 is 0. The molecule has 0 saturated carbocycles. The van der Waals surface area contributed by atoms with Gasteiger partial charge in [0.1, 0.15) is 5.82 Å². The normalized spacial score (nSPS) is 12.0. The van der Waals surface area contributed by atoms with Crippen LogP contribution >= 0.6 is 0 Å². The van der Waals surface area contributed by atoms with Crippen molar-refractivity contribution in [1.29, 1.82) is 0 Å². The number of halogens is 3. The highest BCUT2D eigenvalue weighted by Gasteiger charge is 2.30. The van der Waals surface area contributed by atoms with E-state index >= 15 is 0 Å². The average molecular weight is 431 g/mol. The predicted molar refractivity (Wildman–Crippen MR) is 114 cm³/mol. The standard InChI is InChI=1S/C22H24F3N5O/c1-21(2,3)18-12-19(30(29-18)17-9-4-6-14(10-17)13-26)28-20(31)27-16-8-5-7-15(11-16)22(23,24)25/h4-12H,13,26H2,1-3H3,(H2,27,28,31). The Labute approximate surface area is 178 Å². The van der Waals surface area contributed by atoms with E-state index in [2.05, 4.69) is 15.7 Å². The van der Waals surface area contributed by atoms with Gasteiger partial charge in [0.2, 0.25) is 0 Å². The van der Waals surface area contributed by atoms with E-state index in [-0.39, 0.29) is 11.1 Å². The molecule has 0 aliphatic carbocycles. The van der Waals surface area contributed by atoms with Crippen molar-refractivity contribution >= 4 is 17.5 Å². The Hall–Kier alpha value is -3.33. The molecule has 3 rings (SSSR count). The van der Waals surface area contributed by atoms with Gasteiger partial charge < -0.3 is 11.1 Å². The molecule has 3 aromatic rings. The maximum atomic E-state index is 12.9. The van der Waals surface area contributed by atoms with Crippen LogP contribution in [-0.4, -0.2) is 15.8 Å². The maximum absolute atomic E-state index is 12.9. The molecule has 0 aliphatic rings. The lowest BCUT2D eigenvalue weighted by Gasteiger charge is -2.14. The number of nitrogens with two attached hydrogens (primary N) is 1. The van der Waals surface area contributed by atoms with E-state index in [4.69, 9.17) is 5.73 Å². The number of carbonyl (C=O) groups excluding carboxylic acids is 1. The molecule has 0 aliphatic heterocycles. The van der Waals surface area contributed by atoms with Crippen molar-refractivity contribution in [2.45, 2.75) is 38.9 Å². The van der Waals surface area contributed by atoms with Crippen molar-refractivity contribution in [1.82, 2.24) is 9.78 Å². The zero-order valence-corrected chi connectivity index (χ0v) is 17.4. The van der Waals surface area contributed by atoms with Crippen LogP contribution in [0.1, 0.15) is 37.6 Å². The fraction of sp³-hybridized carbons (Fsp3) is 0.273. The Morgan fingerprint density at radius 1 is 1.03 bits per heavy atom. The minimum absolute atomic E-state index is 0.0274. The first-order valence-electron chi connectivity index (χ1n) is 9.62. The molecule has 6 nitrogen and oxygen atoms in total. The number of rotatable bonds is 4. The number of hydrogen-bond donors (Lipinski definition) is 3. The second-order valence-corrected chi connectivity index (χ2v) is 8.11. The van der Waals surface area contributed by atoms with Gasteiger partial charge in [-0.15, -0.1) is 0 Å². The summed E-state index contributed by atoms with van der Waals surface area (Å²) < 4.78 is 40.3. The molecule has 2 amide bonds. The van der Waals surface area contributed by atoms with Crippen LogP contribution in [0, 0.1) is 0 Å². The van der Waals surface area contributed by atoms with Crippen LogP contribution < -0.4 is 16.4 Å². The summed E-state index contributed by atoms with van der Waals surface area (Å²) in [5, 5.41) is 9.74. The van der Waals surface area contributed by atoms with Gasteiger partial charge in [0, 0.05) is 23.7 Å². The van der Waals surface area contributed by atoms with Crippen LogP contribution in [-0.2, 0) is 18.1 Å². The number of amides is 2. The first kappa shape index (κ1) is 22.4. The molecule has 0 unspecified atom stereocenters. The van der Waals surface area contributed by atoms with Crippen LogP contribution in [0.15, 0.2) is 54.6 Å². The Kier molecular flexibility index (Phi) is 6.08. The van der Waals surface area contributed by atoms with Gasteiger partial charge in [-0.1, -0.05) is 39.0 Å². The van der Waals surface area contributed by atoms with Crippen molar-refractivity contribution in [3.8, 4) is 5.69 Å². The lowest BCUT2D eigenvalue weighted by Crippen LogP contribution is -2.21. The average Bonchev–Trinajstić information content (AvgIpc) is 3.11. The van der Waals surface area contributed by atoms with Gasteiger partial charge >= 0.3 is 12.2 Å². The lowest BCUT2D eigenvalue weighted by atomic mass is 9.92. The molecule has 0 bridgehead atoms. The van der Waals surface area contributed by atoms with E-state index in [1.54, 1.807) is 10.7 Å². The van der Waals surface area contributed by atoms with E-state index in [1.165, 1.54) is 12.1 Å². The monoisotopic (exact) mass is 431 g/mol. The number of nitrogens with one attached hydrogen (secondary N) is 2. The summed E-state index contributed by atoms with van der Waals surface area (Å²) in [5.74, 6) is 0.378. The topological polar surface area (TPSA) is 85.0 Å². The smallest absolute Gasteiger partial charge is 0.326 e. The molecule has 2 aromatic carbocycles. The molecule has 0 spiro atoms. The first-order valence-corrected chi connectivity index (χ1v) is 9.62. The van der Waals surface area contributed by atoms with E-state index in [9.17, 15) is 18.0 Å². The van der Waals surface area contributed by atoms with E-state index in [0.717, 1.165) is 23.4 Å². The number of nitrogens with zero attached hydrogens (tertiary/aromatic N) is 2. The van der Waals surface area contributed by atoms with Crippen LogP contribution in [0.5, 0.6) is 0 Å². The number of hydrogen-bond acceptors (Lipinski definition) is 3. The fourth-order valence-electron chi connectivity index (χ4n) is 2.90. The molecule has 4 N–H and O–H groups in total. The number of anilines is 2. The van der Waals surface area contributed by atoms with E-state index in [1.807, 2.05) is 45.0 Å².